The largest absolute Gasteiger partial charge is 0.376 e. The van der Waals surface area contributed by atoms with Crippen molar-refractivity contribution < 1.29 is 4.74 Å². The van der Waals surface area contributed by atoms with Gasteiger partial charge in [0.2, 0.25) is 0 Å². The lowest BCUT2D eigenvalue weighted by atomic mass is 9.95. The van der Waals surface area contributed by atoms with Crippen molar-refractivity contribution in [3.05, 3.63) is 0 Å². The van der Waals surface area contributed by atoms with E-state index in [0.29, 0.717) is 12.1 Å². The first-order valence-electron chi connectivity index (χ1n) is 7.36. The molecule has 2 rings (SSSR count). The van der Waals surface area contributed by atoms with Gasteiger partial charge in [-0.05, 0) is 58.2 Å². The highest BCUT2D eigenvalue weighted by atomic mass is 16.5. The number of hydrogen-bond acceptors (Lipinski definition) is 3. The summed E-state index contributed by atoms with van der Waals surface area (Å²) in [6.45, 7) is 10.2. The van der Waals surface area contributed by atoms with Gasteiger partial charge in [0.05, 0.1) is 12.7 Å². The number of ether oxygens (including phenoxy) is 1. The van der Waals surface area contributed by atoms with Gasteiger partial charge in [0.1, 0.15) is 0 Å². The molecule has 3 unspecified atom stereocenters. The molecule has 0 amide bonds. The van der Waals surface area contributed by atoms with Gasteiger partial charge in [0, 0.05) is 12.6 Å². The number of morpholine rings is 1. The zero-order valence-electron chi connectivity index (χ0n) is 11.5. The fourth-order valence-corrected chi connectivity index (χ4v) is 3.08. The lowest BCUT2D eigenvalue weighted by molar-refractivity contribution is -0.0573. The Hall–Kier alpha value is -0.120. The summed E-state index contributed by atoms with van der Waals surface area (Å²) >= 11 is 0. The van der Waals surface area contributed by atoms with Crippen molar-refractivity contribution in [3.8, 4) is 0 Å². The maximum Gasteiger partial charge on any atom is 0.0674 e. The monoisotopic (exact) mass is 240 g/mol. The zero-order valence-corrected chi connectivity index (χ0v) is 11.5. The van der Waals surface area contributed by atoms with Crippen LogP contribution in [0.15, 0.2) is 0 Å². The summed E-state index contributed by atoms with van der Waals surface area (Å²) in [5, 5.41) is 3.51. The third kappa shape index (κ3) is 3.94. The fourth-order valence-electron chi connectivity index (χ4n) is 3.08. The zero-order chi connectivity index (χ0) is 12.1. The third-order valence-electron chi connectivity index (χ3n) is 4.28. The van der Waals surface area contributed by atoms with Crippen LogP contribution >= 0.6 is 0 Å². The van der Waals surface area contributed by atoms with Crippen molar-refractivity contribution in [1.82, 2.24) is 10.2 Å². The maximum absolute atomic E-state index is 5.75. The van der Waals surface area contributed by atoms with Crippen molar-refractivity contribution in [2.75, 3.05) is 32.8 Å². The quantitative estimate of drug-likeness (QED) is 0.812. The van der Waals surface area contributed by atoms with Gasteiger partial charge in [-0.1, -0.05) is 6.92 Å². The van der Waals surface area contributed by atoms with Crippen molar-refractivity contribution >= 4 is 0 Å². The summed E-state index contributed by atoms with van der Waals surface area (Å²) in [4.78, 5) is 2.66. The Labute approximate surface area is 106 Å². The van der Waals surface area contributed by atoms with Crippen molar-refractivity contribution in [3.63, 3.8) is 0 Å². The molecule has 0 aromatic rings. The predicted octanol–water partition coefficient (Wildman–Crippen LogP) is 1.88. The van der Waals surface area contributed by atoms with Gasteiger partial charge in [0.25, 0.3) is 0 Å². The molecule has 0 spiro atoms. The SMILES string of the molecule is CCC1COC(C)CN1CCC1CCCNC1. The first kappa shape index (κ1) is 13.3. The van der Waals surface area contributed by atoms with Crippen LogP contribution in [0.3, 0.4) is 0 Å². The molecule has 2 aliphatic heterocycles. The number of nitrogens with one attached hydrogen (secondary N) is 1. The maximum atomic E-state index is 5.75. The van der Waals surface area contributed by atoms with Crippen LogP contribution in [0.1, 0.15) is 39.5 Å². The molecule has 0 aromatic heterocycles. The van der Waals surface area contributed by atoms with Crippen LogP contribution in [0.5, 0.6) is 0 Å². The normalized spacial score (nSPS) is 36.0. The van der Waals surface area contributed by atoms with Crippen LogP contribution in [0.25, 0.3) is 0 Å². The van der Waals surface area contributed by atoms with E-state index in [0.717, 1.165) is 19.1 Å². The van der Waals surface area contributed by atoms with E-state index in [1.165, 1.54) is 45.3 Å². The molecule has 0 aromatic carbocycles. The molecule has 2 fully saturated rings. The van der Waals surface area contributed by atoms with Crippen LogP contribution in [0.2, 0.25) is 0 Å². The molecule has 0 radical (unpaired) electrons. The Morgan fingerprint density at radius 1 is 1.41 bits per heavy atom. The molecule has 17 heavy (non-hydrogen) atoms. The Morgan fingerprint density at radius 3 is 3.00 bits per heavy atom. The van der Waals surface area contributed by atoms with Gasteiger partial charge in [0.15, 0.2) is 0 Å². The summed E-state index contributed by atoms with van der Waals surface area (Å²) in [6, 6.07) is 0.655. The van der Waals surface area contributed by atoms with Crippen LogP contribution in [0, 0.1) is 5.92 Å². The predicted molar refractivity (Wildman–Crippen MR) is 71.3 cm³/mol. The summed E-state index contributed by atoms with van der Waals surface area (Å²) in [6.07, 6.45) is 5.78. The van der Waals surface area contributed by atoms with Crippen LogP contribution < -0.4 is 5.32 Å². The van der Waals surface area contributed by atoms with E-state index >= 15 is 0 Å². The van der Waals surface area contributed by atoms with Crippen molar-refractivity contribution in [1.29, 1.82) is 0 Å². The molecule has 0 saturated carbocycles. The Morgan fingerprint density at radius 2 is 2.29 bits per heavy atom. The lowest BCUT2D eigenvalue weighted by Gasteiger charge is -2.39. The van der Waals surface area contributed by atoms with E-state index in [1.807, 2.05) is 0 Å². The Balaban J connectivity index is 1.74. The number of rotatable bonds is 4. The van der Waals surface area contributed by atoms with Crippen molar-refractivity contribution in [2.24, 2.45) is 5.92 Å². The third-order valence-corrected chi connectivity index (χ3v) is 4.28. The van der Waals surface area contributed by atoms with Gasteiger partial charge in [-0.25, -0.2) is 0 Å². The van der Waals surface area contributed by atoms with E-state index in [4.69, 9.17) is 4.74 Å². The highest BCUT2D eigenvalue weighted by Gasteiger charge is 2.26. The lowest BCUT2D eigenvalue weighted by Crippen LogP contribution is -2.49. The molecule has 3 atom stereocenters. The highest BCUT2D eigenvalue weighted by Crippen LogP contribution is 2.19. The molecule has 100 valence electrons. The second-order valence-corrected chi connectivity index (χ2v) is 5.70. The van der Waals surface area contributed by atoms with Gasteiger partial charge in [-0.3, -0.25) is 4.90 Å². The van der Waals surface area contributed by atoms with E-state index in [-0.39, 0.29) is 0 Å². The van der Waals surface area contributed by atoms with E-state index in [9.17, 15) is 0 Å². The average Bonchev–Trinajstić information content (AvgIpc) is 2.38. The first-order valence-corrected chi connectivity index (χ1v) is 7.36. The molecule has 0 bridgehead atoms. The standard InChI is InChI=1S/C14H28N2O/c1-3-14-11-17-12(2)10-16(14)8-6-13-5-4-7-15-9-13/h12-15H,3-11H2,1-2H3. The fraction of sp³-hybridized carbons (Fsp3) is 1.00. The summed E-state index contributed by atoms with van der Waals surface area (Å²) in [7, 11) is 0. The van der Waals surface area contributed by atoms with Crippen LogP contribution in [0.4, 0.5) is 0 Å². The van der Waals surface area contributed by atoms with Crippen molar-refractivity contribution in [2.45, 2.75) is 51.7 Å². The minimum atomic E-state index is 0.419. The average molecular weight is 240 g/mol. The van der Waals surface area contributed by atoms with Gasteiger partial charge >= 0.3 is 0 Å². The number of hydrogen-bond donors (Lipinski definition) is 1. The van der Waals surface area contributed by atoms with E-state index in [1.54, 1.807) is 0 Å². The van der Waals surface area contributed by atoms with Crippen LogP contribution in [-0.4, -0.2) is 49.8 Å². The summed E-state index contributed by atoms with van der Waals surface area (Å²) in [5.41, 5.74) is 0. The molecule has 3 nitrogen and oxygen atoms in total. The molecule has 2 heterocycles. The molecule has 2 saturated heterocycles. The molecule has 1 N–H and O–H groups in total. The van der Waals surface area contributed by atoms with E-state index in [2.05, 4.69) is 24.1 Å². The molecule has 3 heteroatoms. The molecular weight excluding hydrogens is 212 g/mol. The smallest absolute Gasteiger partial charge is 0.0674 e. The minimum absolute atomic E-state index is 0.419. The number of piperidine rings is 1. The second kappa shape index (κ2) is 6.72. The Kier molecular flexibility index (Phi) is 5.26. The van der Waals surface area contributed by atoms with Crippen LogP contribution in [-0.2, 0) is 4.74 Å². The van der Waals surface area contributed by atoms with Gasteiger partial charge in [-0.2, -0.15) is 0 Å². The molecular formula is C14H28N2O. The topological polar surface area (TPSA) is 24.5 Å². The molecule has 2 aliphatic rings. The number of nitrogens with zero attached hydrogens (tertiary/aromatic N) is 1. The summed E-state index contributed by atoms with van der Waals surface area (Å²) in [5.74, 6) is 0.902. The first-order chi connectivity index (χ1) is 8.29. The van der Waals surface area contributed by atoms with Gasteiger partial charge < -0.3 is 10.1 Å². The minimum Gasteiger partial charge on any atom is -0.376 e. The highest BCUT2D eigenvalue weighted by molar-refractivity contribution is 4.79. The molecule has 0 aliphatic carbocycles. The Bertz CT molecular complexity index is 216. The summed E-state index contributed by atoms with van der Waals surface area (Å²) < 4.78 is 5.75. The van der Waals surface area contributed by atoms with Gasteiger partial charge in [-0.15, -0.1) is 0 Å². The second-order valence-electron chi connectivity index (χ2n) is 5.70. The van der Waals surface area contributed by atoms with E-state index < -0.39 is 0 Å².